The Morgan fingerprint density at radius 1 is 0.968 bits per heavy atom. The number of aromatic nitrogens is 1. The highest BCUT2D eigenvalue weighted by Gasteiger charge is 2.14. The molecule has 1 aromatic carbocycles. The van der Waals surface area contributed by atoms with E-state index in [1.165, 1.54) is 0 Å². The molecule has 0 saturated carbocycles. The number of rotatable bonds is 10. The summed E-state index contributed by atoms with van der Waals surface area (Å²) < 4.78 is 0. The normalized spacial score (nSPS) is 12.3. The van der Waals surface area contributed by atoms with Gasteiger partial charge in [0.25, 0.3) is 0 Å². The predicted molar refractivity (Wildman–Crippen MR) is 142 cm³/mol. The van der Waals surface area contributed by atoms with E-state index in [2.05, 4.69) is 66.6 Å². The van der Waals surface area contributed by atoms with Gasteiger partial charge in [0.15, 0.2) is 0 Å². The van der Waals surface area contributed by atoms with Crippen LogP contribution in [0.3, 0.4) is 0 Å². The van der Waals surface area contributed by atoms with Gasteiger partial charge in [-0.1, -0.05) is 55.5 Å². The van der Waals surface area contributed by atoms with Gasteiger partial charge in [0.05, 0.1) is 17.1 Å². The number of pyridine rings is 1. The maximum Gasteiger partial charge on any atom is 0.0673 e. The number of thiol groups is 1. The summed E-state index contributed by atoms with van der Waals surface area (Å²) in [6.45, 7) is 2.12. The minimum absolute atomic E-state index is 0.718. The molecule has 2 aromatic rings. The third-order valence-electron chi connectivity index (χ3n) is 4.58. The van der Waals surface area contributed by atoms with Crippen LogP contribution < -0.4 is 16.4 Å². The Hall–Kier alpha value is -3.18. The maximum absolute atomic E-state index is 6.41. The Labute approximate surface area is 191 Å². The fourth-order valence-corrected chi connectivity index (χ4v) is 3.26. The van der Waals surface area contributed by atoms with Crippen molar-refractivity contribution in [2.75, 3.05) is 30.5 Å². The molecule has 4 nitrogen and oxygen atoms in total. The molecule has 2 rings (SSSR count). The van der Waals surface area contributed by atoms with Crippen molar-refractivity contribution in [3.05, 3.63) is 89.7 Å². The van der Waals surface area contributed by atoms with Crippen LogP contribution in [0.5, 0.6) is 0 Å². The Bertz CT molecular complexity index is 1000. The third kappa shape index (κ3) is 7.23. The molecule has 0 atom stereocenters. The lowest BCUT2D eigenvalue weighted by molar-refractivity contribution is 1.10. The minimum Gasteiger partial charge on any atom is -0.398 e. The summed E-state index contributed by atoms with van der Waals surface area (Å²) in [5.74, 6) is 0. The molecule has 31 heavy (non-hydrogen) atoms. The summed E-state index contributed by atoms with van der Waals surface area (Å²) in [5, 5.41) is 8.22. The van der Waals surface area contributed by atoms with Crippen LogP contribution in [0, 0.1) is 0 Å². The number of hydrogen-bond acceptors (Lipinski definition) is 5. The zero-order valence-electron chi connectivity index (χ0n) is 18.5. The average molecular weight is 433 g/mol. The molecular weight excluding hydrogens is 400 g/mol. The third-order valence-corrected chi connectivity index (χ3v) is 4.75. The number of allylic oxidation sites excluding steroid dienone is 8. The Morgan fingerprint density at radius 2 is 1.74 bits per heavy atom. The van der Waals surface area contributed by atoms with Crippen molar-refractivity contribution in [2.45, 2.75) is 19.8 Å². The van der Waals surface area contributed by atoms with Crippen LogP contribution in [-0.2, 0) is 6.42 Å². The lowest BCUT2D eigenvalue weighted by atomic mass is 9.98. The van der Waals surface area contributed by atoms with E-state index >= 15 is 0 Å². The lowest BCUT2D eigenvalue weighted by Gasteiger charge is -2.17. The average Bonchev–Trinajstić information content (AvgIpc) is 2.78. The van der Waals surface area contributed by atoms with E-state index in [0.717, 1.165) is 52.4 Å². The lowest BCUT2D eigenvalue weighted by Crippen LogP contribution is -2.03. The second kappa shape index (κ2) is 13.2. The summed E-state index contributed by atoms with van der Waals surface area (Å²) >= 11 is 4.06. The topological polar surface area (TPSA) is 63.0 Å². The van der Waals surface area contributed by atoms with Crippen LogP contribution >= 0.6 is 12.6 Å². The number of hydrogen-bond donors (Lipinski definition) is 4. The largest absolute Gasteiger partial charge is 0.398 e. The molecule has 0 radical (unpaired) electrons. The molecule has 0 spiro atoms. The molecule has 0 fully saturated rings. The molecule has 0 bridgehead atoms. The molecule has 162 valence electrons. The molecular formula is C26H32N4S. The number of nitrogens with one attached hydrogen (secondary N) is 2. The second-order valence-corrected chi connectivity index (χ2v) is 7.08. The fraction of sp³-hybridized carbons (Fsp3) is 0.192. The summed E-state index contributed by atoms with van der Waals surface area (Å²) in [5.41, 5.74) is 12.9. The number of nitrogens with zero attached hydrogens (tertiary/aromatic N) is 1. The van der Waals surface area contributed by atoms with Crippen molar-refractivity contribution in [1.29, 1.82) is 0 Å². The van der Waals surface area contributed by atoms with Gasteiger partial charge in [-0.25, -0.2) is 0 Å². The quantitative estimate of drug-likeness (QED) is 0.197. The van der Waals surface area contributed by atoms with Gasteiger partial charge in [-0.05, 0) is 47.7 Å². The zero-order valence-corrected chi connectivity index (χ0v) is 19.4. The first-order chi connectivity index (χ1) is 15.1. The molecule has 4 N–H and O–H groups in total. The smallest absolute Gasteiger partial charge is 0.0673 e. The van der Waals surface area contributed by atoms with Crippen LogP contribution in [-0.4, -0.2) is 19.1 Å². The summed E-state index contributed by atoms with van der Waals surface area (Å²) in [7, 11) is 3.81. The van der Waals surface area contributed by atoms with E-state index in [1.54, 1.807) is 5.41 Å². The monoisotopic (exact) mass is 432 g/mol. The molecule has 0 saturated heterocycles. The second-order valence-electron chi connectivity index (χ2n) is 6.78. The van der Waals surface area contributed by atoms with Crippen LogP contribution in [0.1, 0.15) is 24.7 Å². The number of benzene rings is 1. The number of anilines is 3. The molecule has 0 amide bonds. The van der Waals surface area contributed by atoms with Crippen molar-refractivity contribution in [3.8, 4) is 11.1 Å². The van der Waals surface area contributed by atoms with E-state index in [9.17, 15) is 0 Å². The van der Waals surface area contributed by atoms with Gasteiger partial charge in [0.1, 0.15) is 0 Å². The van der Waals surface area contributed by atoms with Crippen LogP contribution in [0.2, 0.25) is 0 Å². The van der Waals surface area contributed by atoms with E-state index in [0.29, 0.717) is 0 Å². The first-order valence-electron chi connectivity index (χ1n) is 10.4. The van der Waals surface area contributed by atoms with Gasteiger partial charge in [0, 0.05) is 37.5 Å². The number of nitrogens with two attached hydrogens (primary N) is 1. The van der Waals surface area contributed by atoms with Crippen LogP contribution in [0.25, 0.3) is 17.2 Å². The maximum atomic E-state index is 6.41. The first kappa shape index (κ1) is 24.1. The summed E-state index contributed by atoms with van der Waals surface area (Å²) in [6.07, 6.45) is 19.8. The van der Waals surface area contributed by atoms with Gasteiger partial charge in [-0.15, -0.1) is 0 Å². The van der Waals surface area contributed by atoms with Gasteiger partial charge >= 0.3 is 0 Å². The SMILES string of the molecule is CC/C=C\C=C/Cc1cc(-c2c(N)ccc(NC)c2NC)cc(/C=C/C=C\C=C/S)n1. The molecule has 5 heteroatoms. The molecule has 0 aliphatic rings. The van der Waals surface area contributed by atoms with E-state index in [4.69, 9.17) is 10.7 Å². The van der Waals surface area contributed by atoms with Crippen molar-refractivity contribution in [1.82, 2.24) is 4.98 Å². The Balaban J connectivity index is 2.53. The van der Waals surface area contributed by atoms with Crippen LogP contribution in [0.4, 0.5) is 17.1 Å². The Morgan fingerprint density at radius 3 is 2.45 bits per heavy atom. The number of nitrogen functional groups attached to an aromatic ring is 1. The van der Waals surface area contributed by atoms with Crippen molar-refractivity contribution >= 4 is 35.8 Å². The molecule has 1 aromatic heterocycles. The highest BCUT2D eigenvalue weighted by atomic mass is 32.1. The van der Waals surface area contributed by atoms with Crippen LogP contribution in [0.15, 0.2) is 78.3 Å². The molecule has 0 aliphatic carbocycles. The van der Waals surface area contributed by atoms with Gasteiger partial charge in [-0.3, -0.25) is 4.98 Å². The van der Waals surface area contributed by atoms with E-state index in [1.807, 2.05) is 56.6 Å². The van der Waals surface area contributed by atoms with Gasteiger partial charge in [0.2, 0.25) is 0 Å². The zero-order chi connectivity index (χ0) is 22.5. The predicted octanol–water partition coefficient (Wildman–Crippen LogP) is 6.49. The standard InChI is InChI=1S/C26H32N4S/c1-4-5-6-7-10-13-21-18-20(19-22(30-21)14-11-8-9-12-17-31)25-23(27)15-16-24(28-2)26(25)29-3/h5-12,14-19,28-29,31H,4,13,27H2,1-3H3/b6-5-,9-8-,10-7-,14-11+,17-12-. The van der Waals surface area contributed by atoms with Crippen molar-refractivity contribution in [3.63, 3.8) is 0 Å². The fourth-order valence-electron chi connectivity index (χ4n) is 3.16. The van der Waals surface area contributed by atoms with Crippen molar-refractivity contribution < 1.29 is 0 Å². The first-order valence-corrected chi connectivity index (χ1v) is 10.9. The summed E-state index contributed by atoms with van der Waals surface area (Å²) in [6, 6.07) is 8.08. The highest BCUT2D eigenvalue weighted by molar-refractivity contribution is 7.83. The molecule has 0 unspecified atom stereocenters. The highest BCUT2D eigenvalue weighted by Crippen LogP contribution is 2.39. The molecule has 1 heterocycles. The van der Waals surface area contributed by atoms with Gasteiger partial charge < -0.3 is 16.4 Å². The minimum atomic E-state index is 0.718. The molecule has 0 aliphatic heterocycles. The van der Waals surface area contributed by atoms with Crippen molar-refractivity contribution in [2.24, 2.45) is 0 Å². The van der Waals surface area contributed by atoms with Gasteiger partial charge in [-0.2, -0.15) is 12.6 Å². The Kier molecular flexibility index (Phi) is 10.3. The summed E-state index contributed by atoms with van der Waals surface area (Å²) in [4.78, 5) is 4.82. The van der Waals surface area contributed by atoms with E-state index in [-0.39, 0.29) is 0 Å². The van der Waals surface area contributed by atoms with E-state index < -0.39 is 0 Å².